The lowest BCUT2D eigenvalue weighted by atomic mass is 9.49. The largest absolute Gasteiger partial charge is 0.459 e. The van der Waals surface area contributed by atoms with Crippen LogP contribution in [0.1, 0.15) is 128 Å². The van der Waals surface area contributed by atoms with Crippen LogP contribution in [0.15, 0.2) is 262 Å². The third-order valence-electron chi connectivity index (χ3n) is 22.2. The molecule has 2 N–H and O–H groups in total. The Morgan fingerprint density at radius 2 is 0.528 bits per heavy atom. The van der Waals surface area contributed by atoms with Crippen molar-refractivity contribution in [2.45, 2.75) is 208 Å². The van der Waals surface area contributed by atoms with E-state index >= 15 is 0 Å². The Balaban J connectivity index is 0.000000134. The molecule has 8 fully saturated rings. The van der Waals surface area contributed by atoms with Gasteiger partial charge in [-0.1, -0.05) is 159 Å². The molecule has 108 heavy (non-hydrogen) atoms. The summed E-state index contributed by atoms with van der Waals surface area (Å²) in [6.07, 6.45) is 8.61. The molecule has 8 bridgehead atoms. The van der Waals surface area contributed by atoms with E-state index in [9.17, 15) is 42.2 Å². The Kier molecular flexibility index (Phi) is 26.6. The number of ether oxygens (including phenoxy) is 3. The quantitative estimate of drug-likeness (QED) is 0.0400. The molecule has 8 aliphatic rings. The minimum Gasteiger partial charge on any atom is -0.459 e. The molecule has 17 rings (SSSR count). The molecule has 9 aromatic carbocycles. The number of halogens is 4. The third-order valence-corrected chi connectivity index (χ3v) is 28.8. The average molecular weight is 1520 g/mol. The van der Waals surface area contributed by atoms with Gasteiger partial charge in [0.2, 0.25) is 0 Å². The Morgan fingerprint density at radius 1 is 0.333 bits per heavy atom. The van der Waals surface area contributed by atoms with Crippen LogP contribution >= 0.6 is 0 Å². The van der Waals surface area contributed by atoms with E-state index in [0.29, 0.717) is 25.7 Å². The van der Waals surface area contributed by atoms with E-state index < -0.39 is 36.4 Å². The van der Waals surface area contributed by atoms with Crippen molar-refractivity contribution in [2.24, 2.45) is 46.3 Å². The third kappa shape index (κ3) is 20.7. The van der Waals surface area contributed by atoms with Crippen LogP contribution in [0.5, 0.6) is 0 Å². The number of carbonyl (C=O) groups excluding carboxylic acids is 3. The molecule has 0 aromatic heterocycles. The second kappa shape index (κ2) is 35.4. The smallest absolute Gasteiger partial charge is 0.377 e. The fourth-order valence-electron chi connectivity index (χ4n) is 17.0. The van der Waals surface area contributed by atoms with Gasteiger partial charge in [0.1, 0.15) is 12.2 Å². The van der Waals surface area contributed by atoms with Gasteiger partial charge in [0.05, 0.1) is 32.7 Å². The maximum absolute atomic E-state index is 13.0. The van der Waals surface area contributed by atoms with Crippen molar-refractivity contribution >= 4 is 50.6 Å². The first-order valence-electron chi connectivity index (χ1n) is 37.8. The van der Waals surface area contributed by atoms with Crippen molar-refractivity contribution in [3.63, 3.8) is 0 Å². The summed E-state index contributed by atoms with van der Waals surface area (Å²) in [6.45, 7) is 19.8. The first-order chi connectivity index (χ1) is 51.4. The van der Waals surface area contributed by atoms with Crippen molar-refractivity contribution in [1.82, 2.24) is 0 Å². The SMILES string of the molecule is CC(F)(F)C(=O)OC1C2CC3CC1CC(CO)(C3)C2.CC(F)(F)C(=O)OCC(=O)OC1C2CC3CC1CC(CO)(C3)C2.Cc1ccc([S+](c2ccc(C)cc2)c2ccc(C)cc2)cc1.Cc1ccc([S+](c2ccc(C)cc2)c2ccc(C)cc2)cc1.Cc1ccc([S+](c2ccc(C)cc2)c2ccc(C)cc2)cc1. The van der Waals surface area contributed by atoms with Gasteiger partial charge in [-0.2, -0.15) is 17.6 Å². The van der Waals surface area contributed by atoms with Gasteiger partial charge < -0.3 is 24.4 Å². The van der Waals surface area contributed by atoms with Gasteiger partial charge in [0.15, 0.2) is 50.7 Å². The van der Waals surface area contributed by atoms with E-state index in [4.69, 9.17) is 9.47 Å². The standard InChI is InChI=1S/3C21H21S.C16H22F2O5.C14H20F2O3/c3*1-16-4-10-19(11-5-16)22(20-12-6-17(2)7-13-20)21-14-8-18(3)9-15-21;1-15(17,18)14(21)22-7-12(20)23-13-10-2-9-3-11(13)6-16(4-9,5-10)8-19;1-13(15,16)12(18)19-11-9-2-8-3-10(11)6-14(4-8,5-9)7-17/h3*4-15H,1-3H3;9-11,13,19H,2-8H2,1H3;8-11,17H,2-7H2,1H3/q3*+1;;. The normalized spacial score (nSPS) is 22.7. The number of alkyl halides is 4. The lowest BCUT2D eigenvalue weighted by Crippen LogP contribution is -2.56. The Morgan fingerprint density at radius 3 is 0.713 bits per heavy atom. The van der Waals surface area contributed by atoms with Crippen LogP contribution in [-0.4, -0.2) is 72.0 Å². The van der Waals surface area contributed by atoms with Crippen molar-refractivity contribution in [1.29, 1.82) is 0 Å². The van der Waals surface area contributed by atoms with Gasteiger partial charge in [0, 0.05) is 27.1 Å². The summed E-state index contributed by atoms with van der Waals surface area (Å²) in [7, 11) is -0.118. The van der Waals surface area contributed by atoms with E-state index in [0.717, 1.165) is 64.2 Å². The zero-order chi connectivity index (χ0) is 77.2. The Labute approximate surface area is 645 Å². The fraction of sp³-hybridized carbons (Fsp3) is 0.387. The van der Waals surface area contributed by atoms with Gasteiger partial charge >= 0.3 is 29.8 Å². The predicted molar refractivity (Wildman–Crippen MR) is 425 cm³/mol. The average Bonchev–Trinajstić information content (AvgIpc) is 0.740. The van der Waals surface area contributed by atoms with E-state index in [1.165, 1.54) is 94.1 Å². The summed E-state index contributed by atoms with van der Waals surface area (Å²) in [5.41, 5.74) is 11.7. The van der Waals surface area contributed by atoms with Crippen LogP contribution in [0.2, 0.25) is 0 Å². The number of esters is 3. The second-order valence-corrected chi connectivity index (χ2v) is 37.7. The predicted octanol–water partition coefficient (Wildman–Crippen LogP) is 21.4. The van der Waals surface area contributed by atoms with E-state index in [1.54, 1.807) is 0 Å². The van der Waals surface area contributed by atoms with Crippen molar-refractivity contribution < 1.29 is 56.4 Å². The molecule has 0 amide bonds. The van der Waals surface area contributed by atoms with Crippen molar-refractivity contribution in [3.05, 3.63) is 268 Å². The topological polar surface area (TPSA) is 119 Å². The minimum atomic E-state index is -3.61. The zero-order valence-electron chi connectivity index (χ0n) is 64.2. The molecule has 8 aliphatic carbocycles. The summed E-state index contributed by atoms with van der Waals surface area (Å²) in [5.74, 6) is -9.05. The monoisotopic (exact) mass is 1520 g/mol. The molecule has 0 radical (unpaired) electrons. The van der Waals surface area contributed by atoms with Crippen LogP contribution in [0, 0.1) is 109 Å². The van der Waals surface area contributed by atoms with Gasteiger partial charge in [-0.3, -0.25) is 0 Å². The number of aliphatic hydroxyl groups is 2. The molecule has 8 saturated carbocycles. The number of hydrogen-bond donors (Lipinski definition) is 2. The number of rotatable bonds is 17. The van der Waals surface area contributed by atoms with E-state index in [1.807, 2.05) is 0 Å². The molecule has 8 nitrogen and oxygen atoms in total. The minimum absolute atomic E-state index is 0.0316. The molecule has 15 heteroatoms. The van der Waals surface area contributed by atoms with E-state index in [2.05, 4.69) is 285 Å². The Hall–Kier alpha value is -7.92. The summed E-state index contributed by atoms with van der Waals surface area (Å²) < 4.78 is 66.1. The summed E-state index contributed by atoms with van der Waals surface area (Å²) >= 11 is 0. The van der Waals surface area contributed by atoms with Crippen LogP contribution < -0.4 is 0 Å². The van der Waals surface area contributed by atoms with Gasteiger partial charge in [-0.15, -0.1) is 0 Å². The van der Waals surface area contributed by atoms with Crippen LogP contribution in [-0.2, 0) is 61.3 Å². The number of carbonyl (C=O) groups is 3. The molecule has 4 unspecified atom stereocenters. The van der Waals surface area contributed by atoms with Crippen molar-refractivity contribution in [3.8, 4) is 0 Å². The molecule has 0 spiro atoms. The lowest BCUT2D eigenvalue weighted by molar-refractivity contribution is -0.204. The van der Waals surface area contributed by atoms with Crippen LogP contribution in [0.25, 0.3) is 0 Å². The second-order valence-electron chi connectivity index (χ2n) is 31.7. The molecular weight excluding hydrogens is 1420 g/mol. The first-order valence-corrected chi connectivity index (χ1v) is 41.5. The highest BCUT2D eigenvalue weighted by atomic mass is 32.2. The van der Waals surface area contributed by atoms with Gasteiger partial charge in [-0.25, -0.2) is 14.4 Å². The van der Waals surface area contributed by atoms with Gasteiger partial charge in [-0.05, 0) is 282 Å². The number of aryl methyl sites for hydroxylation is 9. The van der Waals surface area contributed by atoms with Crippen LogP contribution in [0.3, 0.4) is 0 Å². The molecular formula is C93H105F4O8S3+3. The number of hydrogen-bond acceptors (Lipinski definition) is 8. The molecule has 568 valence electrons. The van der Waals surface area contributed by atoms with Crippen LogP contribution in [0.4, 0.5) is 17.6 Å². The molecule has 0 heterocycles. The lowest BCUT2D eigenvalue weighted by Gasteiger charge is -2.58. The number of aliphatic hydroxyl groups excluding tert-OH is 2. The molecule has 0 aliphatic heterocycles. The summed E-state index contributed by atoms with van der Waals surface area (Å²) in [6, 6.07) is 80.4. The molecule has 9 aromatic rings. The molecule has 4 atom stereocenters. The fourth-order valence-corrected chi connectivity index (χ4v) is 23.1. The summed E-state index contributed by atoms with van der Waals surface area (Å²) in [4.78, 5) is 46.5. The van der Waals surface area contributed by atoms with Crippen molar-refractivity contribution in [2.75, 3.05) is 19.8 Å². The highest BCUT2D eigenvalue weighted by molar-refractivity contribution is 7.97. The van der Waals surface area contributed by atoms with Gasteiger partial charge in [0.25, 0.3) is 0 Å². The molecule has 0 saturated heterocycles. The Bertz CT molecular complexity index is 3750. The highest BCUT2D eigenvalue weighted by Crippen LogP contribution is 2.62. The van der Waals surface area contributed by atoms with E-state index in [-0.39, 0.29) is 92.6 Å². The highest BCUT2D eigenvalue weighted by Gasteiger charge is 2.58. The first kappa shape index (κ1) is 81.1. The number of benzene rings is 9. The summed E-state index contributed by atoms with van der Waals surface area (Å²) in [5, 5.41) is 19.3. The zero-order valence-corrected chi connectivity index (χ0v) is 66.6. The maximum Gasteiger partial charge on any atom is 0.377 e. The maximum atomic E-state index is 13.0.